The molecular weight excluding hydrogens is 294 g/mol. The molecular formula is C14H14ClN3O3. The average molecular weight is 308 g/mol. The van der Waals surface area contributed by atoms with Crippen LogP contribution < -0.4 is 0 Å². The molecule has 0 atom stereocenters. The summed E-state index contributed by atoms with van der Waals surface area (Å²) < 4.78 is 1.65. The molecule has 6 nitrogen and oxygen atoms in total. The van der Waals surface area contributed by atoms with Crippen LogP contribution in [0, 0.1) is 10.1 Å². The Morgan fingerprint density at radius 2 is 2.05 bits per heavy atom. The van der Waals surface area contributed by atoms with Crippen molar-refractivity contribution in [2.75, 3.05) is 0 Å². The molecule has 0 unspecified atom stereocenters. The smallest absolute Gasteiger partial charge is 0.269 e. The standard InChI is InChI=1S/C14H14ClN3O3/c1-2-3-4-13-16-14(15)12(9-19)17(13)10-5-7-11(8-6-10)18(20)21/h5-9H,2-4H2,1H3. The highest BCUT2D eigenvalue weighted by Crippen LogP contribution is 2.24. The number of hydrogen-bond acceptors (Lipinski definition) is 4. The molecule has 110 valence electrons. The lowest BCUT2D eigenvalue weighted by atomic mass is 10.2. The van der Waals surface area contributed by atoms with Gasteiger partial charge in [0.25, 0.3) is 5.69 Å². The van der Waals surface area contributed by atoms with Gasteiger partial charge in [0.2, 0.25) is 0 Å². The van der Waals surface area contributed by atoms with Gasteiger partial charge in [0.1, 0.15) is 11.5 Å². The number of hydrogen-bond donors (Lipinski definition) is 0. The molecule has 0 N–H and O–H groups in total. The number of unbranched alkanes of at least 4 members (excludes halogenated alkanes) is 1. The van der Waals surface area contributed by atoms with E-state index in [1.165, 1.54) is 12.1 Å². The van der Waals surface area contributed by atoms with Crippen molar-refractivity contribution < 1.29 is 9.72 Å². The summed E-state index contributed by atoms with van der Waals surface area (Å²) in [6.07, 6.45) is 3.23. The monoisotopic (exact) mass is 307 g/mol. The lowest BCUT2D eigenvalue weighted by Crippen LogP contribution is -2.05. The van der Waals surface area contributed by atoms with E-state index in [1.807, 2.05) is 0 Å². The first kappa shape index (κ1) is 15.2. The topological polar surface area (TPSA) is 78.0 Å². The maximum Gasteiger partial charge on any atom is 0.269 e. The maximum absolute atomic E-state index is 11.2. The summed E-state index contributed by atoms with van der Waals surface area (Å²) in [4.78, 5) is 25.7. The number of imidazole rings is 1. The normalized spacial score (nSPS) is 10.6. The number of nitro groups is 1. The van der Waals surface area contributed by atoms with Gasteiger partial charge >= 0.3 is 0 Å². The van der Waals surface area contributed by atoms with Gasteiger partial charge in [-0.1, -0.05) is 24.9 Å². The third-order valence-corrected chi connectivity index (χ3v) is 3.40. The van der Waals surface area contributed by atoms with E-state index in [-0.39, 0.29) is 16.5 Å². The van der Waals surface area contributed by atoms with Gasteiger partial charge in [-0.3, -0.25) is 19.5 Å². The third-order valence-electron chi connectivity index (χ3n) is 3.12. The van der Waals surface area contributed by atoms with Crippen molar-refractivity contribution in [2.24, 2.45) is 0 Å². The highest BCUT2D eigenvalue weighted by molar-refractivity contribution is 6.31. The number of nitrogens with zero attached hydrogens (tertiary/aromatic N) is 3. The van der Waals surface area contributed by atoms with Gasteiger partial charge in [-0.25, -0.2) is 4.98 Å². The van der Waals surface area contributed by atoms with Gasteiger partial charge in [-0.15, -0.1) is 0 Å². The summed E-state index contributed by atoms with van der Waals surface area (Å²) in [6.45, 7) is 2.06. The van der Waals surface area contributed by atoms with E-state index >= 15 is 0 Å². The van der Waals surface area contributed by atoms with Crippen molar-refractivity contribution >= 4 is 23.6 Å². The van der Waals surface area contributed by atoms with Crippen LogP contribution in [0.3, 0.4) is 0 Å². The molecule has 1 aromatic heterocycles. The van der Waals surface area contributed by atoms with E-state index in [2.05, 4.69) is 11.9 Å². The molecule has 0 bridgehead atoms. The Morgan fingerprint density at radius 3 is 2.57 bits per heavy atom. The van der Waals surface area contributed by atoms with Crippen LogP contribution in [-0.2, 0) is 6.42 Å². The van der Waals surface area contributed by atoms with Crippen molar-refractivity contribution in [3.05, 3.63) is 51.1 Å². The Kier molecular flexibility index (Phi) is 4.70. The van der Waals surface area contributed by atoms with Gasteiger partial charge in [-0.2, -0.15) is 0 Å². The van der Waals surface area contributed by atoms with Crippen LogP contribution in [0.25, 0.3) is 5.69 Å². The van der Waals surface area contributed by atoms with Gasteiger partial charge in [0, 0.05) is 24.2 Å². The molecule has 0 saturated heterocycles. The maximum atomic E-state index is 11.2. The van der Waals surface area contributed by atoms with E-state index < -0.39 is 4.92 Å². The SMILES string of the molecule is CCCCc1nc(Cl)c(C=O)n1-c1ccc([N+](=O)[O-])cc1. The predicted molar refractivity (Wildman–Crippen MR) is 79.2 cm³/mol. The van der Waals surface area contributed by atoms with Crippen LogP contribution >= 0.6 is 11.6 Å². The Bertz CT molecular complexity index is 665. The second-order valence-electron chi connectivity index (χ2n) is 4.53. The fraction of sp³-hybridized carbons (Fsp3) is 0.286. The zero-order chi connectivity index (χ0) is 15.4. The Labute approximate surface area is 126 Å². The largest absolute Gasteiger partial charge is 0.296 e. The molecule has 1 aromatic carbocycles. The van der Waals surface area contributed by atoms with Crippen LogP contribution in [0.15, 0.2) is 24.3 Å². The first-order valence-corrected chi connectivity index (χ1v) is 6.93. The minimum Gasteiger partial charge on any atom is -0.296 e. The summed E-state index contributed by atoms with van der Waals surface area (Å²) in [5, 5.41) is 10.8. The number of carbonyl (C=O) groups excluding carboxylic acids is 1. The lowest BCUT2D eigenvalue weighted by Gasteiger charge is -2.09. The summed E-state index contributed by atoms with van der Waals surface area (Å²) >= 11 is 5.99. The van der Waals surface area contributed by atoms with Gasteiger partial charge < -0.3 is 0 Å². The van der Waals surface area contributed by atoms with Crippen molar-refractivity contribution in [3.8, 4) is 5.69 Å². The van der Waals surface area contributed by atoms with E-state index in [0.717, 1.165) is 12.8 Å². The number of non-ortho nitro benzene ring substituents is 1. The molecule has 0 saturated carbocycles. The predicted octanol–water partition coefficient (Wildman–Crippen LogP) is 3.59. The number of benzene rings is 1. The van der Waals surface area contributed by atoms with E-state index in [9.17, 15) is 14.9 Å². The molecule has 7 heteroatoms. The van der Waals surface area contributed by atoms with Crippen molar-refractivity contribution in [2.45, 2.75) is 26.2 Å². The molecule has 21 heavy (non-hydrogen) atoms. The number of aromatic nitrogens is 2. The number of rotatable bonds is 6. The number of halogens is 1. The Morgan fingerprint density at radius 1 is 1.38 bits per heavy atom. The van der Waals surface area contributed by atoms with Gasteiger partial charge in [0.15, 0.2) is 11.4 Å². The van der Waals surface area contributed by atoms with Crippen LogP contribution in [0.2, 0.25) is 5.15 Å². The molecule has 0 aliphatic heterocycles. The first-order valence-electron chi connectivity index (χ1n) is 6.55. The third kappa shape index (κ3) is 3.11. The van der Waals surface area contributed by atoms with Gasteiger partial charge in [-0.05, 0) is 18.6 Å². The summed E-state index contributed by atoms with van der Waals surface area (Å²) in [5.74, 6) is 0.679. The fourth-order valence-electron chi connectivity index (χ4n) is 2.07. The number of carbonyl (C=O) groups is 1. The summed E-state index contributed by atoms with van der Waals surface area (Å²) in [5.41, 5.74) is 0.887. The minimum absolute atomic E-state index is 0.00674. The molecule has 0 spiro atoms. The second kappa shape index (κ2) is 6.49. The minimum atomic E-state index is -0.469. The number of nitro benzene ring substituents is 1. The van der Waals surface area contributed by atoms with Gasteiger partial charge in [0.05, 0.1) is 4.92 Å². The zero-order valence-electron chi connectivity index (χ0n) is 11.5. The number of aldehydes is 1. The highest BCUT2D eigenvalue weighted by Gasteiger charge is 2.17. The van der Waals surface area contributed by atoms with E-state index in [0.29, 0.717) is 24.2 Å². The lowest BCUT2D eigenvalue weighted by molar-refractivity contribution is -0.384. The Hall–Kier alpha value is -2.21. The second-order valence-corrected chi connectivity index (χ2v) is 4.89. The van der Waals surface area contributed by atoms with Crippen molar-refractivity contribution in [3.63, 3.8) is 0 Å². The molecule has 0 aliphatic carbocycles. The van der Waals surface area contributed by atoms with Crippen molar-refractivity contribution in [1.82, 2.24) is 9.55 Å². The Balaban J connectivity index is 2.49. The number of aryl methyl sites for hydroxylation is 1. The molecule has 0 amide bonds. The van der Waals surface area contributed by atoms with Crippen LogP contribution in [-0.4, -0.2) is 20.8 Å². The van der Waals surface area contributed by atoms with Crippen LogP contribution in [0.4, 0.5) is 5.69 Å². The van der Waals surface area contributed by atoms with Crippen molar-refractivity contribution in [1.29, 1.82) is 0 Å². The van der Waals surface area contributed by atoms with Crippen LogP contribution in [0.5, 0.6) is 0 Å². The van der Waals surface area contributed by atoms with Crippen LogP contribution in [0.1, 0.15) is 36.1 Å². The summed E-state index contributed by atoms with van der Waals surface area (Å²) in [6, 6.07) is 5.94. The average Bonchev–Trinajstić information content (AvgIpc) is 2.80. The zero-order valence-corrected chi connectivity index (χ0v) is 12.2. The quantitative estimate of drug-likeness (QED) is 0.464. The highest BCUT2D eigenvalue weighted by atomic mass is 35.5. The first-order chi connectivity index (χ1) is 10.1. The molecule has 0 aliphatic rings. The molecule has 0 fully saturated rings. The molecule has 0 radical (unpaired) electrons. The fourth-order valence-corrected chi connectivity index (χ4v) is 2.29. The van der Waals surface area contributed by atoms with E-state index in [4.69, 9.17) is 11.6 Å². The molecule has 1 heterocycles. The molecule has 2 aromatic rings. The molecule has 2 rings (SSSR count). The summed E-state index contributed by atoms with van der Waals surface area (Å²) in [7, 11) is 0. The van der Waals surface area contributed by atoms with E-state index in [1.54, 1.807) is 16.7 Å².